The molecule has 1 aromatic carbocycles. The van der Waals surface area contributed by atoms with Crippen molar-refractivity contribution in [1.29, 1.82) is 0 Å². The molecule has 0 fully saturated rings. The summed E-state index contributed by atoms with van der Waals surface area (Å²) in [5, 5.41) is 6.68. The van der Waals surface area contributed by atoms with Crippen LogP contribution in [-0.2, 0) is 0 Å². The summed E-state index contributed by atoms with van der Waals surface area (Å²) < 4.78 is 1.60. The van der Waals surface area contributed by atoms with E-state index in [4.69, 9.17) is 0 Å². The predicted octanol–water partition coefficient (Wildman–Crippen LogP) is 1.82. The molecule has 98 valence electrons. The lowest BCUT2D eigenvalue weighted by atomic mass is 10.1. The summed E-state index contributed by atoms with van der Waals surface area (Å²) in [6.07, 6.45) is 2.20. The quantitative estimate of drug-likeness (QED) is 0.850. The van der Waals surface area contributed by atoms with Gasteiger partial charge in [0.1, 0.15) is 0 Å². The Hall–Kier alpha value is -2.43. The molecule has 0 saturated carbocycles. The maximum Gasteiger partial charge on any atom is 0.271 e. The predicted molar refractivity (Wildman–Crippen MR) is 71.6 cm³/mol. The number of ketones is 1. The Labute approximate surface area is 111 Å². The first-order valence-electron chi connectivity index (χ1n) is 6.07. The molecule has 0 unspecified atom stereocenters. The molecule has 0 spiro atoms. The van der Waals surface area contributed by atoms with Gasteiger partial charge in [-0.1, -0.05) is 6.92 Å². The van der Waals surface area contributed by atoms with E-state index in [1.165, 1.54) is 0 Å². The molecule has 0 aliphatic rings. The van der Waals surface area contributed by atoms with E-state index in [0.717, 1.165) is 5.69 Å². The maximum absolute atomic E-state index is 11.5. The van der Waals surface area contributed by atoms with Crippen LogP contribution in [0, 0.1) is 0 Å². The first-order valence-corrected chi connectivity index (χ1v) is 6.07. The lowest BCUT2D eigenvalue weighted by Gasteiger charge is -2.03. The second kappa shape index (κ2) is 5.48. The van der Waals surface area contributed by atoms with Crippen molar-refractivity contribution in [2.45, 2.75) is 13.3 Å². The number of Topliss-reactive ketones (excluding diaryl/α,β-unsaturated/α-hetero) is 1. The van der Waals surface area contributed by atoms with Gasteiger partial charge in [0, 0.05) is 25.2 Å². The van der Waals surface area contributed by atoms with Crippen molar-refractivity contribution in [3.05, 3.63) is 47.8 Å². The average molecular weight is 257 g/mol. The molecule has 0 saturated heterocycles. The van der Waals surface area contributed by atoms with Gasteiger partial charge in [-0.15, -0.1) is 0 Å². The van der Waals surface area contributed by atoms with E-state index in [1.807, 2.05) is 19.1 Å². The first kappa shape index (κ1) is 13.0. The molecule has 2 aromatic rings. The monoisotopic (exact) mass is 257 g/mol. The number of rotatable bonds is 4. The number of carbonyl (C=O) groups excluding carboxylic acids is 2. The van der Waals surface area contributed by atoms with Crippen LogP contribution >= 0.6 is 0 Å². The van der Waals surface area contributed by atoms with Crippen molar-refractivity contribution in [2.75, 3.05) is 7.05 Å². The van der Waals surface area contributed by atoms with Crippen LogP contribution in [0.3, 0.4) is 0 Å². The summed E-state index contributed by atoms with van der Waals surface area (Å²) in [7, 11) is 1.56. The Morgan fingerprint density at radius 3 is 2.47 bits per heavy atom. The van der Waals surface area contributed by atoms with E-state index in [0.29, 0.717) is 17.7 Å². The SMILES string of the molecule is CCC(=O)c1ccc(-n2ccc(C(=O)NC)n2)cc1. The van der Waals surface area contributed by atoms with Crippen molar-refractivity contribution in [3.63, 3.8) is 0 Å². The van der Waals surface area contributed by atoms with Gasteiger partial charge < -0.3 is 5.32 Å². The van der Waals surface area contributed by atoms with E-state index in [2.05, 4.69) is 10.4 Å². The number of aromatic nitrogens is 2. The average Bonchev–Trinajstić information content (AvgIpc) is 2.95. The second-order valence-electron chi connectivity index (χ2n) is 4.05. The van der Waals surface area contributed by atoms with Crippen LogP contribution in [0.4, 0.5) is 0 Å². The smallest absolute Gasteiger partial charge is 0.271 e. The first-order chi connectivity index (χ1) is 9.15. The standard InChI is InChI=1S/C14H15N3O2/c1-3-13(18)10-4-6-11(7-5-10)17-9-8-12(16-17)14(19)15-2/h4-9H,3H2,1-2H3,(H,15,19). The van der Waals surface area contributed by atoms with Gasteiger partial charge >= 0.3 is 0 Å². The normalized spacial score (nSPS) is 10.2. The molecule has 5 nitrogen and oxygen atoms in total. The zero-order valence-corrected chi connectivity index (χ0v) is 10.9. The molecule has 0 radical (unpaired) electrons. The third-order valence-corrected chi connectivity index (χ3v) is 2.82. The summed E-state index contributed by atoms with van der Waals surface area (Å²) in [5.41, 5.74) is 1.85. The van der Waals surface area contributed by atoms with E-state index in [-0.39, 0.29) is 11.7 Å². The summed E-state index contributed by atoms with van der Waals surface area (Å²) in [4.78, 5) is 22.9. The summed E-state index contributed by atoms with van der Waals surface area (Å²) in [6.45, 7) is 1.83. The molecule has 1 N–H and O–H groups in total. The molecule has 1 amide bonds. The Kier molecular flexibility index (Phi) is 3.75. The minimum Gasteiger partial charge on any atom is -0.354 e. The molecule has 0 atom stereocenters. The van der Waals surface area contributed by atoms with Crippen LogP contribution in [0.15, 0.2) is 36.5 Å². The fourth-order valence-corrected chi connectivity index (χ4v) is 1.72. The molecule has 0 aliphatic carbocycles. The largest absolute Gasteiger partial charge is 0.354 e. The van der Waals surface area contributed by atoms with Crippen molar-refractivity contribution in [2.24, 2.45) is 0 Å². The van der Waals surface area contributed by atoms with Gasteiger partial charge in [-0.2, -0.15) is 5.10 Å². The Morgan fingerprint density at radius 2 is 1.89 bits per heavy atom. The summed E-state index contributed by atoms with van der Waals surface area (Å²) >= 11 is 0. The topological polar surface area (TPSA) is 64.0 Å². The molecule has 1 heterocycles. The summed E-state index contributed by atoms with van der Waals surface area (Å²) in [6, 6.07) is 8.79. The summed E-state index contributed by atoms with van der Waals surface area (Å²) in [5.74, 6) is -0.116. The Balaban J connectivity index is 2.25. The fraction of sp³-hybridized carbons (Fsp3) is 0.214. The van der Waals surface area contributed by atoms with Gasteiger partial charge in [0.05, 0.1) is 5.69 Å². The van der Waals surface area contributed by atoms with Gasteiger partial charge in [-0.3, -0.25) is 9.59 Å². The van der Waals surface area contributed by atoms with Gasteiger partial charge in [0.2, 0.25) is 0 Å². The highest BCUT2D eigenvalue weighted by Gasteiger charge is 2.08. The number of benzene rings is 1. The van der Waals surface area contributed by atoms with Crippen molar-refractivity contribution in [1.82, 2.24) is 15.1 Å². The molecular formula is C14H15N3O2. The van der Waals surface area contributed by atoms with E-state index < -0.39 is 0 Å². The molecular weight excluding hydrogens is 242 g/mol. The van der Waals surface area contributed by atoms with Crippen LogP contribution in [0.2, 0.25) is 0 Å². The van der Waals surface area contributed by atoms with E-state index >= 15 is 0 Å². The van der Waals surface area contributed by atoms with Crippen molar-refractivity contribution >= 4 is 11.7 Å². The lowest BCUT2D eigenvalue weighted by molar-refractivity contribution is 0.0956. The highest BCUT2D eigenvalue weighted by Crippen LogP contribution is 2.11. The second-order valence-corrected chi connectivity index (χ2v) is 4.05. The molecule has 19 heavy (non-hydrogen) atoms. The third kappa shape index (κ3) is 2.70. The molecule has 5 heteroatoms. The highest BCUT2D eigenvalue weighted by atomic mass is 16.1. The van der Waals surface area contributed by atoms with Gasteiger partial charge in [-0.25, -0.2) is 4.68 Å². The van der Waals surface area contributed by atoms with Gasteiger partial charge in [-0.05, 0) is 30.3 Å². The Morgan fingerprint density at radius 1 is 1.21 bits per heavy atom. The van der Waals surface area contributed by atoms with Gasteiger partial charge in [0.25, 0.3) is 5.91 Å². The molecule has 0 bridgehead atoms. The Bertz CT molecular complexity index is 599. The zero-order chi connectivity index (χ0) is 13.8. The number of amides is 1. The van der Waals surface area contributed by atoms with Crippen LogP contribution in [0.1, 0.15) is 34.2 Å². The molecule has 1 aromatic heterocycles. The highest BCUT2D eigenvalue weighted by molar-refractivity contribution is 5.96. The molecule has 2 rings (SSSR count). The van der Waals surface area contributed by atoms with Crippen LogP contribution in [0.5, 0.6) is 0 Å². The molecule has 0 aliphatic heterocycles. The number of carbonyl (C=O) groups is 2. The number of nitrogens with zero attached hydrogens (tertiary/aromatic N) is 2. The van der Waals surface area contributed by atoms with Crippen molar-refractivity contribution < 1.29 is 9.59 Å². The number of hydrogen-bond donors (Lipinski definition) is 1. The van der Waals surface area contributed by atoms with Crippen LogP contribution in [-0.4, -0.2) is 28.5 Å². The van der Waals surface area contributed by atoms with Crippen LogP contribution < -0.4 is 5.32 Å². The maximum atomic E-state index is 11.5. The van der Waals surface area contributed by atoms with Gasteiger partial charge in [0.15, 0.2) is 11.5 Å². The van der Waals surface area contributed by atoms with E-state index in [9.17, 15) is 9.59 Å². The fourth-order valence-electron chi connectivity index (χ4n) is 1.72. The third-order valence-electron chi connectivity index (χ3n) is 2.82. The minimum atomic E-state index is -0.225. The van der Waals surface area contributed by atoms with Crippen LogP contribution in [0.25, 0.3) is 5.69 Å². The lowest BCUT2D eigenvalue weighted by Crippen LogP contribution is -2.18. The zero-order valence-electron chi connectivity index (χ0n) is 10.9. The van der Waals surface area contributed by atoms with Crippen molar-refractivity contribution in [3.8, 4) is 5.69 Å². The van der Waals surface area contributed by atoms with E-state index in [1.54, 1.807) is 36.1 Å². The number of hydrogen-bond acceptors (Lipinski definition) is 3. The number of nitrogens with one attached hydrogen (secondary N) is 1. The minimum absolute atomic E-state index is 0.109.